The summed E-state index contributed by atoms with van der Waals surface area (Å²) in [5.41, 5.74) is 1.01. The molecule has 1 amide bonds. The molecule has 1 aliphatic rings. The van der Waals surface area contributed by atoms with Gasteiger partial charge in [-0.1, -0.05) is 25.7 Å². The first-order chi connectivity index (χ1) is 11.1. The molecule has 2 aromatic rings. The second kappa shape index (κ2) is 6.66. The Morgan fingerprint density at radius 1 is 1.26 bits per heavy atom. The van der Waals surface area contributed by atoms with Crippen LogP contribution >= 0.6 is 12.2 Å². The van der Waals surface area contributed by atoms with Crippen LogP contribution in [-0.4, -0.2) is 21.5 Å². The standard InChI is InChI=1S/C17H21N3O2S/c1-20-16(22)13-9-8-11(10-14(13)19-17(20)23)15(21)18-12-6-4-2-3-5-7-12/h8-10,12H,2-7H2,1H3,(H,18,21)(H,19,23). The largest absolute Gasteiger partial charge is 0.349 e. The third-order valence-electron chi connectivity index (χ3n) is 4.55. The van der Waals surface area contributed by atoms with Crippen LogP contribution in [0.4, 0.5) is 0 Å². The molecule has 0 unspecified atom stereocenters. The van der Waals surface area contributed by atoms with E-state index < -0.39 is 0 Å². The number of aromatic amines is 1. The predicted molar refractivity (Wildman–Crippen MR) is 93.3 cm³/mol. The fourth-order valence-electron chi connectivity index (χ4n) is 3.14. The van der Waals surface area contributed by atoms with Crippen molar-refractivity contribution in [1.82, 2.24) is 14.9 Å². The zero-order valence-corrected chi connectivity index (χ0v) is 14.0. The Labute approximate surface area is 139 Å². The molecule has 1 heterocycles. The van der Waals surface area contributed by atoms with Crippen molar-refractivity contribution >= 4 is 29.0 Å². The zero-order chi connectivity index (χ0) is 16.4. The molecular weight excluding hydrogens is 310 g/mol. The molecule has 6 heteroatoms. The molecule has 0 atom stereocenters. The van der Waals surface area contributed by atoms with Crippen LogP contribution in [-0.2, 0) is 7.05 Å². The van der Waals surface area contributed by atoms with Crippen LogP contribution < -0.4 is 10.9 Å². The van der Waals surface area contributed by atoms with E-state index in [9.17, 15) is 9.59 Å². The maximum absolute atomic E-state index is 12.5. The molecule has 122 valence electrons. The Morgan fingerprint density at radius 3 is 2.65 bits per heavy atom. The highest BCUT2D eigenvalue weighted by Crippen LogP contribution is 2.18. The van der Waals surface area contributed by atoms with Crippen LogP contribution in [0.2, 0.25) is 0 Å². The van der Waals surface area contributed by atoms with Gasteiger partial charge in [-0.25, -0.2) is 0 Å². The summed E-state index contributed by atoms with van der Waals surface area (Å²) in [5, 5.41) is 3.65. The fraction of sp³-hybridized carbons (Fsp3) is 0.471. The second-order valence-corrected chi connectivity index (χ2v) is 6.60. The molecule has 0 spiro atoms. The van der Waals surface area contributed by atoms with Crippen LogP contribution in [0, 0.1) is 4.77 Å². The number of rotatable bonds is 2. The average Bonchev–Trinajstić information content (AvgIpc) is 2.81. The van der Waals surface area contributed by atoms with Gasteiger partial charge in [-0.2, -0.15) is 0 Å². The molecule has 1 aliphatic carbocycles. The van der Waals surface area contributed by atoms with Crippen LogP contribution in [0.3, 0.4) is 0 Å². The van der Waals surface area contributed by atoms with Crippen molar-refractivity contribution < 1.29 is 4.79 Å². The number of amides is 1. The molecule has 2 N–H and O–H groups in total. The van der Waals surface area contributed by atoms with Gasteiger partial charge in [0, 0.05) is 18.7 Å². The van der Waals surface area contributed by atoms with Crippen molar-refractivity contribution in [3.8, 4) is 0 Å². The SMILES string of the molecule is Cn1c(=S)[nH]c2cc(C(=O)NC3CCCCCC3)ccc2c1=O. The molecule has 0 saturated heterocycles. The molecule has 0 aliphatic heterocycles. The molecule has 1 aromatic heterocycles. The molecule has 0 radical (unpaired) electrons. The number of hydrogen-bond acceptors (Lipinski definition) is 3. The van der Waals surface area contributed by atoms with E-state index in [0.29, 0.717) is 21.2 Å². The average molecular weight is 331 g/mol. The van der Waals surface area contributed by atoms with Gasteiger partial charge in [-0.3, -0.25) is 14.2 Å². The third-order valence-corrected chi connectivity index (χ3v) is 4.93. The lowest BCUT2D eigenvalue weighted by Gasteiger charge is -2.16. The second-order valence-electron chi connectivity index (χ2n) is 6.22. The van der Waals surface area contributed by atoms with Gasteiger partial charge in [0.1, 0.15) is 0 Å². The van der Waals surface area contributed by atoms with Crippen molar-refractivity contribution in [2.24, 2.45) is 7.05 Å². The van der Waals surface area contributed by atoms with Gasteiger partial charge in [-0.05, 0) is 43.3 Å². The smallest absolute Gasteiger partial charge is 0.261 e. The molecule has 1 aromatic carbocycles. The monoisotopic (exact) mass is 331 g/mol. The highest BCUT2D eigenvalue weighted by molar-refractivity contribution is 7.71. The van der Waals surface area contributed by atoms with Gasteiger partial charge >= 0.3 is 0 Å². The van der Waals surface area contributed by atoms with Gasteiger partial charge in [0.15, 0.2) is 4.77 Å². The number of H-pyrrole nitrogens is 1. The van der Waals surface area contributed by atoms with Gasteiger partial charge < -0.3 is 10.3 Å². The Morgan fingerprint density at radius 2 is 1.96 bits per heavy atom. The minimum atomic E-state index is -0.153. The van der Waals surface area contributed by atoms with Crippen LogP contribution in [0.15, 0.2) is 23.0 Å². The minimum absolute atomic E-state index is 0.0844. The third kappa shape index (κ3) is 3.37. The zero-order valence-electron chi connectivity index (χ0n) is 13.2. The van der Waals surface area contributed by atoms with Crippen molar-refractivity contribution in [2.45, 2.75) is 44.6 Å². The number of nitrogens with zero attached hydrogens (tertiary/aromatic N) is 1. The lowest BCUT2D eigenvalue weighted by molar-refractivity contribution is 0.0933. The summed E-state index contributed by atoms with van der Waals surface area (Å²) in [5.74, 6) is -0.0844. The van der Waals surface area contributed by atoms with Crippen molar-refractivity contribution in [1.29, 1.82) is 0 Å². The van der Waals surface area contributed by atoms with Gasteiger partial charge in [-0.15, -0.1) is 0 Å². The van der Waals surface area contributed by atoms with E-state index in [1.165, 1.54) is 30.3 Å². The summed E-state index contributed by atoms with van der Waals surface area (Å²) in [6.07, 6.45) is 6.94. The topological polar surface area (TPSA) is 66.9 Å². The fourth-order valence-corrected chi connectivity index (χ4v) is 3.33. The normalized spacial score (nSPS) is 16.2. The summed E-state index contributed by atoms with van der Waals surface area (Å²) in [6, 6.07) is 5.35. The molecule has 5 nitrogen and oxygen atoms in total. The van der Waals surface area contributed by atoms with E-state index in [1.54, 1.807) is 25.2 Å². The maximum atomic E-state index is 12.5. The molecular formula is C17H21N3O2S. The number of carbonyl (C=O) groups excluding carboxylic acids is 1. The summed E-state index contributed by atoms with van der Waals surface area (Å²) >= 11 is 5.13. The van der Waals surface area contributed by atoms with E-state index in [4.69, 9.17) is 12.2 Å². The summed E-state index contributed by atoms with van der Waals surface area (Å²) in [7, 11) is 1.63. The quantitative estimate of drug-likeness (QED) is 0.656. The molecule has 23 heavy (non-hydrogen) atoms. The molecule has 0 bridgehead atoms. The lowest BCUT2D eigenvalue weighted by Crippen LogP contribution is -2.34. The van der Waals surface area contributed by atoms with E-state index in [2.05, 4.69) is 10.3 Å². The first-order valence-corrected chi connectivity index (χ1v) is 8.51. The van der Waals surface area contributed by atoms with Crippen molar-refractivity contribution in [2.75, 3.05) is 0 Å². The number of carbonyl (C=O) groups is 1. The predicted octanol–water partition coefficient (Wildman–Crippen LogP) is 3.05. The molecule has 3 rings (SSSR count). The highest BCUT2D eigenvalue weighted by atomic mass is 32.1. The summed E-state index contributed by atoms with van der Waals surface area (Å²) < 4.78 is 1.74. The van der Waals surface area contributed by atoms with E-state index in [-0.39, 0.29) is 17.5 Å². The van der Waals surface area contributed by atoms with Crippen LogP contribution in [0.25, 0.3) is 10.9 Å². The number of hydrogen-bond donors (Lipinski definition) is 2. The number of nitrogens with one attached hydrogen (secondary N) is 2. The van der Waals surface area contributed by atoms with E-state index >= 15 is 0 Å². The molecule has 1 saturated carbocycles. The van der Waals surface area contributed by atoms with Gasteiger partial charge in [0.25, 0.3) is 11.5 Å². The van der Waals surface area contributed by atoms with Crippen molar-refractivity contribution in [3.05, 3.63) is 38.9 Å². The number of aromatic nitrogens is 2. The Balaban J connectivity index is 1.88. The van der Waals surface area contributed by atoms with E-state index in [0.717, 1.165) is 12.8 Å². The van der Waals surface area contributed by atoms with Crippen LogP contribution in [0.1, 0.15) is 48.9 Å². The first kappa shape index (κ1) is 15.9. The Kier molecular flexibility index (Phi) is 4.61. The molecule has 1 fully saturated rings. The number of benzene rings is 1. The first-order valence-electron chi connectivity index (χ1n) is 8.10. The van der Waals surface area contributed by atoms with E-state index in [1.807, 2.05) is 0 Å². The van der Waals surface area contributed by atoms with Crippen molar-refractivity contribution in [3.63, 3.8) is 0 Å². The minimum Gasteiger partial charge on any atom is -0.349 e. The highest BCUT2D eigenvalue weighted by Gasteiger charge is 2.16. The lowest BCUT2D eigenvalue weighted by atomic mass is 10.1. The maximum Gasteiger partial charge on any atom is 0.261 e. The Hall–Kier alpha value is -1.95. The Bertz CT molecular complexity index is 845. The summed E-state index contributed by atoms with van der Waals surface area (Å²) in [6.45, 7) is 0. The number of fused-ring (bicyclic) bond motifs is 1. The van der Waals surface area contributed by atoms with Crippen LogP contribution in [0.5, 0.6) is 0 Å². The van der Waals surface area contributed by atoms with Gasteiger partial charge in [0.2, 0.25) is 0 Å². The van der Waals surface area contributed by atoms with Gasteiger partial charge in [0.05, 0.1) is 10.9 Å². The summed E-state index contributed by atoms with van der Waals surface area (Å²) in [4.78, 5) is 27.6.